The number of amides is 1. The number of carbonyl (C=O) groups excluding carboxylic acids is 1. The van der Waals surface area contributed by atoms with E-state index in [2.05, 4.69) is 10.1 Å². The molecule has 2 aromatic rings. The minimum Gasteiger partial charge on any atom is -0.342 e. The fourth-order valence-corrected chi connectivity index (χ4v) is 3.90. The van der Waals surface area contributed by atoms with Crippen LogP contribution in [0.4, 0.5) is 13.2 Å². The van der Waals surface area contributed by atoms with Crippen molar-refractivity contribution in [2.45, 2.75) is 45.2 Å². The van der Waals surface area contributed by atoms with Gasteiger partial charge in [-0.05, 0) is 38.2 Å². The van der Waals surface area contributed by atoms with Crippen LogP contribution >= 0.6 is 0 Å². The average molecular weight is 367 g/mol. The van der Waals surface area contributed by atoms with Crippen LogP contribution in [0.1, 0.15) is 49.1 Å². The highest BCUT2D eigenvalue weighted by Crippen LogP contribution is 2.42. The third kappa shape index (κ3) is 2.95. The second-order valence-electron chi connectivity index (χ2n) is 7.50. The lowest BCUT2D eigenvalue weighted by Crippen LogP contribution is -2.40. The first-order chi connectivity index (χ1) is 12.3. The smallest absolute Gasteiger partial charge is 0.342 e. The monoisotopic (exact) mass is 367 g/mol. The predicted molar refractivity (Wildman–Crippen MR) is 87.4 cm³/mol. The lowest BCUT2D eigenvalue weighted by atomic mass is 9.91. The molecule has 0 spiro atoms. The van der Waals surface area contributed by atoms with Crippen LogP contribution in [0.15, 0.2) is 10.6 Å². The van der Waals surface area contributed by atoms with E-state index >= 15 is 0 Å². The summed E-state index contributed by atoms with van der Waals surface area (Å²) in [5.41, 5.74) is -0.362. The molecular weight excluding hydrogens is 347 g/mol. The molecule has 1 aliphatic carbocycles. The standard InChI is InChI=1S/C18H20F3N3O2/c1-9-6-12(9)17(25)24-5-3-4-11(8-24)15-14-13(18(19,20)21)7-10(2)22-16(14)26-23-15/h7,9,11-12H,3-6,8H2,1-2H3/t9-,11-,12-/m1/s1. The molecule has 2 aliphatic rings. The third-order valence-corrected chi connectivity index (χ3v) is 5.45. The van der Waals surface area contributed by atoms with Crippen molar-refractivity contribution in [3.63, 3.8) is 0 Å². The number of hydrogen-bond donors (Lipinski definition) is 0. The quantitative estimate of drug-likeness (QED) is 0.807. The number of halogens is 3. The van der Waals surface area contributed by atoms with Gasteiger partial charge in [0, 0.05) is 30.6 Å². The number of aryl methyl sites for hydroxylation is 1. The van der Waals surface area contributed by atoms with Crippen LogP contribution in [-0.4, -0.2) is 34.0 Å². The molecule has 0 unspecified atom stereocenters. The number of pyridine rings is 1. The van der Waals surface area contributed by atoms with Crippen LogP contribution in [0.5, 0.6) is 0 Å². The highest BCUT2D eigenvalue weighted by molar-refractivity contribution is 5.83. The molecular formula is C18H20F3N3O2. The van der Waals surface area contributed by atoms with Crippen molar-refractivity contribution in [1.82, 2.24) is 15.0 Å². The van der Waals surface area contributed by atoms with E-state index in [1.165, 1.54) is 6.92 Å². The van der Waals surface area contributed by atoms with Gasteiger partial charge >= 0.3 is 6.18 Å². The van der Waals surface area contributed by atoms with Crippen LogP contribution in [0.25, 0.3) is 11.1 Å². The number of carbonyl (C=O) groups is 1. The van der Waals surface area contributed by atoms with Gasteiger partial charge in [0.1, 0.15) is 0 Å². The van der Waals surface area contributed by atoms with E-state index in [4.69, 9.17) is 4.52 Å². The topological polar surface area (TPSA) is 59.2 Å². The van der Waals surface area contributed by atoms with Crippen molar-refractivity contribution < 1.29 is 22.5 Å². The van der Waals surface area contributed by atoms with E-state index < -0.39 is 11.7 Å². The first-order valence-corrected chi connectivity index (χ1v) is 8.88. The zero-order chi connectivity index (χ0) is 18.6. The molecule has 0 radical (unpaired) electrons. The Labute approximate surface area is 148 Å². The van der Waals surface area contributed by atoms with Crippen LogP contribution in [-0.2, 0) is 11.0 Å². The Bertz CT molecular complexity index is 861. The molecule has 5 nitrogen and oxygen atoms in total. The molecule has 1 amide bonds. The van der Waals surface area contributed by atoms with Crippen LogP contribution < -0.4 is 0 Å². The van der Waals surface area contributed by atoms with Gasteiger partial charge in [-0.1, -0.05) is 12.1 Å². The van der Waals surface area contributed by atoms with Gasteiger partial charge in [0.25, 0.3) is 5.71 Å². The maximum atomic E-state index is 13.5. The summed E-state index contributed by atoms with van der Waals surface area (Å²) in [4.78, 5) is 18.3. The molecule has 2 aromatic heterocycles. The largest absolute Gasteiger partial charge is 0.417 e. The predicted octanol–water partition coefficient (Wildman–Crippen LogP) is 3.91. The maximum Gasteiger partial charge on any atom is 0.417 e. The summed E-state index contributed by atoms with van der Waals surface area (Å²) in [5.74, 6) is 0.311. The fraction of sp³-hybridized carbons (Fsp3) is 0.611. The summed E-state index contributed by atoms with van der Waals surface area (Å²) >= 11 is 0. The Hall–Kier alpha value is -2.12. The molecule has 1 saturated heterocycles. The van der Waals surface area contributed by atoms with E-state index in [0.717, 1.165) is 18.9 Å². The van der Waals surface area contributed by atoms with Gasteiger partial charge in [-0.3, -0.25) is 4.79 Å². The van der Waals surface area contributed by atoms with Crippen molar-refractivity contribution in [2.75, 3.05) is 13.1 Å². The van der Waals surface area contributed by atoms with Crippen molar-refractivity contribution >= 4 is 17.0 Å². The number of hydrogen-bond acceptors (Lipinski definition) is 4. The average Bonchev–Trinajstić information content (AvgIpc) is 3.16. The fourth-order valence-electron chi connectivity index (χ4n) is 3.90. The lowest BCUT2D eigenvalue weighted by molar-refractivity contribution is -0.136. The molecule has 2 fully saturated rings. The highest BCUT2D eigenvalue weighted by Gasteiger charge is 2.43. The number of nitrogens with zero attached hydrogens (tertiary/aromatic N) is 3. The number of likely N-dealkylation sites (tertiary alicyclic amines) is 1. The molecule has 0 bridgehead atoms. The number of rotatable bonds is 2. The van der Waals surface area contributed by atoms with E-state index in [0.29, 0.717) is 25.4 Å². The molecule has 140 valence electrons. The maximum absolute atomic E-state index is 13.5. The minimum atomic E-state index is -4.51. The van der Waals surface area contributed by atoms with E-state index in [1.807, 2.05) is 6.92 Å². The summed E-state index contributed by atoms with van der Waals surface area (Å²) in [6, 6.07) is 1.03. The van der Waals surface area contributed by atoms with Crippen LogP contribution in [0.2, 0.25) is 0 Å². The van der Waals surface area contributed by atoms with Gasteiger partial charge in [-0.25, -0.2) is 4.98 Å². The van der Waals surface area contributed by atoms with Crippen molar-refractivity contribution in [3.05, 3.63) is 23.0 Å². The van der Waals surface area contributed by atoms with Gasteiger partial charge in [-0.15, -0.1) is 0 Å². The molecule has 1 saturated carbocycles. The zero-order valence-corrected chi connectivity index (χ0v) is 14.6. The SMILES string of the molecule is Cc1cc(C(F)(F)F)c2c([C@@H]3CCCN(C(=O)[C@@H]4C[C@H]4C)C3)noc2n1. The molecule has 3 atom stereocenters. The van der Waals surface area contributed by atoms with Gasteiger partial charge < -0.3 is 9.42 Å². The minimum absolute atomic E-state index is 0.0674. The van der Waals surface area contributed by atoms with Crippen molar-refractivity contribution in [3.8, 4) is 0 Å². The first kappa shape index (κ1) is 17.3. The number of alkyl halides is 3. The van der Waals surface area contributed by atoms with Gasteiger partial charge in [-0.2, -0.15) is 13.2 Å². The Morgan fingerprint density at radius 1 is 1.38 bits per heavy atom. The second kappa shape index (κ2) is 5.96. The van der Waals surface area contributed by atoms with Gasteiger partial charge in [0.2, 0.25) is 5.91 Å². The molecule has 0 aromatic carbocycles. The summed E-state index contributed by atoms with van der Waals surface area (Å²) in [6.07, 6.45) is -2.20. The van der Waals surface area contributed by atoms with Gasteiger partial charge in [0.15, 0.2) is 0 Å². The third-order valence-electron chi connectivity index (χ3n) is 5.45. The molecule has 8 heteroatoms. The summed E-state index contributed by atoms with van der Waals surface area (Å²) in [6.45, 7) is 4.57. The first-order valence-electron chi connectivity index (χ1n) is 8.88. The van der Waals surface area contributed by atoms with Crippen molar-refractivity contribution in [2.24, 2.45) is 11.8 Å². The molecule has 26 heavy (non-hydrogen) atoms. The number of piperidine rings is 1. The zero-order valence-electron chi connectivity index (χ0n) is 14.6. The second-order valence-corrected chi connectivity index (χ2v) is 7.50. The highest BCUT2D eigenvalue weighted by atomic mass is 19.4. The summed E-state index contributed by atoms with van der Waals surface area (Å²) in [7, 11) is 0. The molecule has 4 rings (SSSR count). The molecule has 3 heterocycles. The van der Waals surface area contributed by atoms with Crippen LogP contribution in [0, 0.1) is 18.8 Å². The van der Waals surface area contributed by atoms with Gasteiger partial charge in [0.05, 0.1) is 16.6 Å². The Morgan fingerprint density at radius 3 is 2.77 bits per heavy atom. The Balaban J connectivity index is 1.69. The molecule has 1 aliphatic heterocycles. The summed E-state index contributed by atoms with van der Waals surface area (Å²) in [5, 5.41) is 3.86. The normalized spacial score (nSPS) is 26.3. The van der Waals surface area contributed by atoms with Crippen LogP contribution in [0.3, 0.4) is 0 Å². The van der Waals surface area contributed by atoms with E-state index in [1.54, 1.807) is 4.90 Å². The Kier molecular flexibility index (Phi) is 3.96. The van der Waals surface area contributed by atoms with E-state index in [-0.39, 0.29) is 40.2 Å². The summed E-state index contributed by atoms with van der Waals surface area (Å²) < 4.78 is 45.7. The number of fused-ring (bicyclic) bond motifs is 1. The number of aromatic nitrogens is 2. The Morgan fingerprint density at radius 2 is 2.12 bits per heavy atom. The lowest BCUT2D eigenvalue weighted by Gasteiger charge is -2.32. The molecule has 0 N–H and O–H groups in total. The van der Waals surface area contributed by atoms with E-state index in [9.17, 15) is 18.0 Å². The van der Waals surface area contributed by atoms with Crippen molar-refractivity contribution in [1.29, 1.82) is 0 Å².